The van der Waals surface area contributed by atoms with Gasteiger partial charge in [-0.25, -0.2) is 0 Å². The lowest BCUT2D eigenvalue weighted by atomic mass is 9.45. The Morgan fingerprint density at radius 3 is 2.61 bits per heavy atom. The molecule has 4 bridgehead atoms. The Hall–Kier alpha value is -2.95. The zero-order chi connectivity index (χ0) is 42.2. The molecule has 1 aromatic carbocycles. The van der Waals surface area contributed by atoms with Crippen LogP contribution in [0.2, 0.25) is 0 Å². The SMILES string of the molecule is C=C(C=CC=C(CO)C1CCC2(C1O)C1C(=C(C)C=O)C(C=CC1CCO)CC2(O)CCNC)C1CC=C(C)CNC(CCOC)(C2CCCC2)Cc2cccc(c2)C1. The molecule has 324 valence electrons. The molecule has 9 atom stereocenters. The molecule has 0 radical (unpaired) electrons. The van der Waals surface area contributed by atoms with Gasteiger partial charge < -0.3 is 35.8 Å². The summed E-state index contributed by atoms with van der Waals surface area (Å²) >= 11 is 0. The van der Waals surface area contributed by atoms with Crippen molar-refractivity contribution >= 4 is 6.29 Å². The predicted octanol–water partition coefficient (Wildman–Crippen LogP) is 7.14. The number of carbonyl (C=O) groups is 1. The Kier molecular flexibility index (Phi) is 15.7. The minimum atomic E-state index is -1.22. The molecule has 6 N–H and O–H groups in total. The van der Waals surface area contributed by atoms with Crippen molar-refractivity contribution in [3.63, 3.8) is 0 Å². The highest BCUT2D eigenvalue weighted by Gasteiger charge is 2.68. The second-order valence-electron chi connectivity index (χ2n) is 18.9. The second kappa shape index (κ2) is 20.3. The summed E-state index contributed by atoms with van der Waals surface area (Å²) in [5, 5.41) is 53.8. The first-order valence-electron chi connectivity index (χ1n) is 22.6. The highest BCUT2D eigenvalue weighted by Crippen LogP contribution is 2.67. The van der Waals surface area contributed by atoms with Crippen LogP contribution in [0.4, 0.5) is 0 Å². The monoisotopic (exact) mass is 811 g/mol. The lowest BCUT2D eigenvalue weighted by molar-refractivity contribution is -0.194. The van der Waals surface area contributed by atoms with Crippen LogP contribution in [-0.2, 0) is 22.4 Å². The molecule has 3 fully saturated rings. The fraction of sp³-hybridized carbons (Fsp3) is 0.627. The molecule has 1 spiro atoms. The minimum Gasteiger partial charge on any atom is -0.396 e. The standard InChI is InChI=1S/C51H74N2O6/c1-35-16-17-41(29-38-11-9-12-39(28-38)30-49(53-32-35,24-27-59-5)44-14-6-7-15-44)36(2)10-8-13-43(34-56)45-20-22-51(48(45)57)47-40(21-26-54)18-19-42(46(47)37(3)33-55)31-50(51,58)23-25-52-4/h8-13,16,18-19,28,33,40-42,44-45,47-48,52-54,56-58H,2,6-7,14-15,17,20-27,29-32,34H2,1,3-5H3. The average molecular weight is 811 g/mol. The maximum absolute atomic E-state index is 12.8. The van der Waals surface area contributed by atoms with E-state index in [0.717, 1.165) is 61.8 Å². The number of ether oxygens (including phenoxy) is 1. The van der Waals surface area contributed by atoms with Gasteiger partial charge >= 0.3 is 0 Å². The van der Waals surface area contributed by atoms with Crippen LogP contribution in [0.15, 0.2) is 95.2 Å². The number of nitrogens with one attached hydrogen (secondary N) is 2. The maximum Gasteiger partial charge on any atom is 0.145 e. The molecular formula is C51H74N2O6. The van der Waals surface area contributed by atoms with E-state index in [1.807, 2.05) is 33.2 Å². The molecule has 0 saturated heterocycles. The summed E-state index contributed by atoms with van der Waals surface area (Å²) < 4.78 is 5.67. The lowest BCUT2D eigenvalue weighted by Crippen LogP contribution is -2.65. The van der Waals surface area contributed by atoms with Crippen LogP contribution in [0.3, 0.4) is 0 Å². The zero-order valence-corrected chi connectivity index (χ0v) is 36.4. The summed E-state index contributed by atoms with van der Waals surface area (Å²) in [6.45, 7) is 10.6. The van der Waals surface area contributed by atoms with Crippen LogP contribution in [0.1, 0.15) is 95.6 Å². The van der Waals surface area contributed by atoms with E-state index >= 15 is 0 Å². The van der Waals surface area contributed by atoms with Gasteiger partial charge in [0.25, 0.3) is 0 Å². The van der Waals surface area contributed by atoms with Crippen molar-refractivity contribution in [2.24, 2.45) is 40.9 Å². The molecule has 1 aromatic rings. The van der Waals surface area contributed by atoms with Gasteiger partial charge in [0, 0.05) is 49.7 Å². The number of fused-ring (bicyclic) bond motifs is 5. The summed E-state index contributed by atoms with van der Waals surface area (Å²) in [7, 11) is 3.68. The van der Waals surface area contributed by atoms with Crippen molar-refractivity contribution in [1.82, 2.24) is 10.6 Å². The van der Waals surface area contributed by atoms with E-state index in [-0.39, 0.29) is 48.3 Å². The van der Waals surface area contributed by atoms with Gasteiger partial charge in [-0.1, -0.05) is 96.9 Å². The number of benzene rings is 1. The first-order chi connectivity index (χ1) is 28.5. The third-order valence-electron chi connectivity index (χ3n) is 15.5. The van der Waals surface area contributed by atoms with Crippen LogP contribution in [0.25, 0.3) is 0 Å². The summed E-state index contributed by atoms with van der Waals surface area (Å²) in [6.07, 6.45) is 23.9. The summed E-state index contributed by atoms with van der Waals surface area (Å²) in [4.78, 5) is 12.3. The largest absolute Gasteiger partial charge is 0.396 e. The zero-order valence-electron chi connectivity index (χ0n) is 36.4. The predicted molar refractivity (Wildman–Crippen MR) is 238 cm³/mol. The van der Waals surface area contributed by atoms with Gasteiger partial charge in [-0.15, -0.1) is 0 Å². The van der Waals surface area contributed by atoms with Gasteiger partial charge in [0.2, 0.25) is 0 Å². The average Bonchev–Trinajstić information content (AvgIpc) is 3.90. The quantitative estimate of drug-likeness (QED) is 0.0478. The van der Waals surface area contributed by atoms with Gasteiger partial charge in [0.1, 0.15) is 6.29 Å². The molecule has 8 nitrogen and oxygen atoms in total. The molecule has 8 heteroatoms. The molecule has 1 heterocycles. The van der Waals surface area contributed by atoms with Crippen molar-refractivity contribution in [2.45, 2.75) is 115 Å². The molecule has 6 rings (SSSR count). The molecule has 5 aliphatic rings. The number of carbonyl (C=O) groups excluding carboxylic acids is 1. The topological polar surface area (TPSA) is 131 Å². The maximum atomic E-state index is 12.8. The van der Waals surface area contributed by atoms with Crippen molar-refractivity contribution in [3.05, 3.63) is 106 Å². The molecule has 4 aliphatic carbocycles. The Balaban J connectivity index is 1.26. The number of hydrogen-bond acceptors (Lipinski definition) is 8. The smallest absolute Gasteiger partial charge is 0.145 e. The molecule has 9 unspecified atom stereocenters. The van der Waals surface area contributed by atoms with E-state index in [1.54, 1.807) is 0 Å². The molecule has 0 amide bonds. The number of hydrogen-bond donors (Lipinski definition) is 6. The van der Waals surface area contributed by atoms with Gasteiger partial charge in [0.05, 0.1) is 18.3 Å². The van der Waals surface area contributed by atoms with E-state index in [2.05, 4.69) is 72.7 Å². The summed E-state index contributed by atoms with van der Waals surface area (Å²) in [5.74, 6) is -0.114. The van der Waals surface area contributed by atoms with Crippen LogP contribution in [-0.4, -0.2) is 91.0 Å². The number of aldehydes is 1. The number of aliphatic hydroxyl groups excluding tert-OH is 3. The van der Waals surface area contributed by atoms with Crippen LogP contribution in [0, 0.1) is 40.9 Å². The van der Waals surface area contributed by atoms with E-state index in [1.165, 1.54) is 42.4 Å². The van der Waals surface area contributed by atoms with E-state index in [9.17, 15) is 25.2 Å². The van der Waals surface area contributed by atoms with Crippen molar-refractivity contribution in [2.75, 3.05) is 47.1 Å². The number of rotatable bonds is 15. The molecule has 1 aliphatic heterocycles. The van der Waals surface area contributed by atoms with Gasteiger partial charge in [-0.05, 0) is 144 Å². The highest BCUT2D eigenvalue weighted by molar-refractivity contribution is 5.74. The highest BCUT2D eigenvalue weighted by atomic mass is 16.5. The lowest BCUT2D eigenvalue weighted by Gasteiger charge is -2.61. The van der Waals surface area contributed by atoms with Gasteiger partial charge in [0.15, 0.2) is 0 Å². The van der Waals surface area contributed by atoms with E-state index in [0.29, 0.717) is 50.1 Å². The fourth-order valence-corrected chi connectivity index (χ4v) is 12.4. The van der Waals surface area contributed by atoms with Gasteiger partial charge in [-0.3, -0.25) is 4.79 Å². The second-order valence-corrected chi connectivity index (χ2v) is 18.9. The number of methoxy groups -OCH3 is 1. The number of aliphatic hydroxyl groups is 4. The Morgan fingerprint density at radius 1 is 1.12 bits per heavy atom. The summed E-state index contributed by atoms with van der Waals surface area (Å²) in [5.41, 5.74) is 5.21. The first-order valence-corrected chi connectivity index (χ1v) is 22.6. The van der Waals surface area contributed by atoms with Crippen molar-refractivity contribution in [3.8, 4) is 0 Å². The first kappa shape index (κ1) is 45.6. The third kappa shape index (κ3) is 9.45. The van der Waals surface area contributed by atoms with Crippen LogP contribution < -0.4 is 10.6 Å². The third-order valence-corrected chi connectivity index (χ3v) is 15.5. The van der Waals surface area contributed by atoms with Crippen LogP contribution >= 0.6 is 0 Å². The summed E-state index contributed by atoms with van der Waals surface area (Å²) in [6, 6.07) is 9.14. The van der Waals surface area contributed by atoms with E-state index < -0.39 is 17.1 Å². The molecular weight excluding hydrogens is 737 g/mol. The van der Waals surface area contributed by atoms with Crippen molar-refractivity contribution < 1.29 is 30.0 Å². The Morgan fingerprint density at radius 2 is 1.90 bits per heavy atom. The van der Waals surface area contributed by atoms with Crippen LogP contribution in [0.5, 0.6) is 0 Å². The number of allylic oxidation sites excluding steroid dienone is 9. The Labute approximate surface area is 354 Å². The van der Waals surface area contributed by atoms with E-state index in [4.69, 9.17) is 4.74 Å². The molecule has 59 heavy (non-hydrogen) atoms. The minimum absolute atomic E-state index is 0.00127. The van der Waals surface area contributed by atoms with Gasteiger partial charge in [-0.2, -0.15) is 0 Å². The normalized spacial score (nSPS) is 35.1. The molecule has 0 aromatic heterocycles. The molecule has 3 saturated carbocycles. The van der Waals surface area contributed by atoms with Crippen molar-refractivity contribution in [1.29, 1.82) is 0 Å². The fourth-order valence-electron chi connectivity index (χ4n) is 12.4. The Bertz CT molecular complexity index is 1770.